The lowest BCUT2D eigenvalue weighted by atomic mass is 9.64. The van der Waals surface area contributed by atoms with E-state index in [1.165, 1.54) is 12.1 Å². The molecular formula is C31H32N4O4. The summed E-state index contributed by atoms with van der Waals surface area (Å²) < 4.78 is 0. The highest BCUT2D eigenvalue weighted by Gasteiger charge is 2.77. The van der Waals surface area contributed by atoms with Gasteiger partial charge >= 0.3 is 0 Å². The van der Waals surface area contributed by atoms with Gasteiger partial charge in [0, 0.05) is 30.6 Å². The van der Waals surface area contributed by atoms with Gasteiger partial charge in [0.15, 0.2) is 5.78 Å². The van der Waals surface area contributed by atoms with Crippen molar-refractivity contribution in [1.29, 1.82) is 0 Å². The van der Waals surface area contributed by atoms with E-state index in [2.05, 4.69) is 10.5 Å². The van der Waals surface area contributed by atoms with Gasteiger partial charge in [-0.25, -0.2) is 0 Å². The Labute approximate surface area is 227 Å². The Morgan fingerprint density at radius 3 is 1.95 bits per heavy atom. The minimum atomic E-state index is -1.23. The van der Waals surface area contributed by atoms with Gasteiger partial charge in [-0.15, -0.1) is 0 Å². The minimum Gasteiger partial charge on any atom is -0.333 e. The van der Waals surface area contributed by atoms with E-state index in [1.807, 2.05) is 86.3 Å². The number of nitro benzene ring substituents is 1. The zero-order valence-corrected chi connectivity index (χ0v) is 22.4. The minimum absolute atomic E-state index is 0.0289. The van der Waals surface area contributed by atoms with Crippen molar-refractivity contribution >= 4 is 28.8 Å². The predicted molar refractivity (Wildman–Crippen MR) is 150 cm³/mol. The van der Waals surface area contributed by atoms with E-state index in [1.54, 1.807) is 12.1 Å². The standard InChI is InChI=1S/C31H32N4O4/c1-29(2)30(3)18-19-31(29,27(36)26(30)33-32-24-14-16-25(17-15-24)35(38)39)28(37)34(20-22-10-6-4-7-11-22)21-23-12-8-5-9-13-23/h4-17,32H,18-21H2,1-3H3. The van der Waals surface area contributed by atoms with Crippen molar-refractivity contribution in [1.82, 2.24) is 4.90 Å². The molecule has 0 heterocycles. The van der Waals surface area contributed by atoms with Crippen LogP contribution in [0.25, 0.3) is 0 Å². The van der Waals surface area contributed by atoms with Crippen molar-refractivity contribution in [2.75, 3.05) is 5.43 Å². The number of anilines is 1. The molecule has 0 aliphatic heterocycles. The van der Waals surface area contributed by atoms with E-state index in [-0.39, 0.29) is 17.4 Å². The number of hydrogen-bond donors (Lipinski definition) is 1. The summed E-state index contributed by atoms with van der Waals surface area (Å²) in [6.07, 6.45) is 1.12. The number of non-ortho nitro benzene ring substituents is 1. The maximum Gasteiger partial charge on any atom is 0.269 e. The Bertz CT molecular complexity index is 1390. The number of amides is 1. The molecule has 8 heteroatoms. The fourth-order valence-electron chi connectivity index (χ4n) is 6.30. The number of nitrogens with one attached hydrogen (secondary N) is 1. The van der Waals surface area contributed by atoms with Crippen LogP contribution in [0.4, 0.5) is 11.4 Å². The number of hydrogen-bond acceptors (Lipinski definition) is 6. The predicted octanol–water partition coefficient (Wildman–Crippen LogP) is 5.99. The number of Topliss-reactive ketones (excluding diaryl/α,β-unsaturated/α-hetero) is 1. The molecule has 8 nitrogen and oxygen atoms in total. The Kier molecular flexibility index (Phi) is 6.58. The van der Waals surface area contributed by atoms with Crippen molar-refractivity contribution in [3.8, 4) is 0 Å². The van der Waals surface area contributed by atoms with E-state index in [0.29, 0.717) is 37.3 Å². The number of carbonyl (C=O) groups excluding carboxylic acids is 2. The SMILES string of the molecule is CC12CCC(C(=O)N(Cc3ccccc3)Cc3ccccc3)(C(=O)C1=NNc1ccc([N+](=O)[O-])cc1)C2(C)C. The van der Waals surface area contributed by atoms with Gasteiger partial charge in [-0.05, 0) is 41.5 Å². The van der Waals surface area contributed by atoms with Gasteiger partial charge in [-0.3, -0.25) is 25.1 Å². The van der Waals surface area contributed by atoms with Crippen LogP contribution in [-0.2, 0) is 22.7 Å². The second kappa shape index (κ2) is 9.76. The largest absolute Gasteiger partial charge is 0.333 e. The van der Waals surface area contributed by atoms with E-state index >= 15 is 0 Å². The van der Waals surface area contributed by atoms with Gasteiger partial charge in [0.05, 0.1) is 10.6 Å². The van der Waals surface area contributed by atoms with Gasteiger partial charge in [0.25, 0.3) is 5.69 Å². The van der Waals surface area contributed by atoms with Crippen LogP contribution < -0.4 is 5.43 Å². The molecule has 0 radical (unpaired) electrons. The molecule has 200 valence electrons. The van der Waals surface area contributed by atoms with Gasteiger partial charge < -0.3 is 4.90 Å². The number of nitrogens with zero attached hydrogens (tertiary/aromatic N) is 3. The maximum atomic E-state index is 14.6. The second-order valence-corrected chi connectivity index (χ2v) is 11.2. The fraction of sp³-hybridized carbons (Fsp3) is 0.323. The Balaban J connectivity index is 1.50. The van der Waals surface area contributed by atoms with Crippen LogP contribution in [0.5, 0.6) is 0 Å². The molecule has 2 fully saturated rings. The van der Waals surface area contributed by atoms with E-state index in [9.17, 15) is 19.7 Å². The molecular weight excluding hydrogens is 492 g/mol. The van der Waals surface area contributed by atoms with Gasteiger partial charge in [-0.2, -0.15) is 5.10 Å². The summed E-state index contributed by atoms with van der Waals surface area (Å²) >= 11 is 0. The monoisotopic (exact) mass is 524 g/mol. The Morgan fingerprint density at radius 1 is 0.897 bits per heavy atom. The molecule has 3 aromatic rings. The number of benzene rings is 3. The molecule has 2 aliphatic rings. The number of carbonyl (C=O) groups is 2. The Hall–Kier alpha value is -4.33. The third-order valence-electron chi connectivity index (χ3n) is 9.03. The second-order valence-electron chi connectivity index (χ2n) is 11.2. The maximum absolute atomic E-state index is 14.6. The molecule has 1 N–H and O–H groups in total. The zero-order chi connectivity index (χ0) is 27.8. The summed E-state index contributed by atoms with van der Waals surface area (Å²) in [5, 5.41) is 15.5. The summed E-state index contributed by atoms with van der Waals surface area (Å²) in [6.45, 7) is 6.82. The summed E-state index contributed by atoms with van der Waals surface area (Å²) in [7, 11) is 0. The molecule has 3 aromatic carbocycles. The van der Waals surface area contributed by atoms with Crippen LogP contribution in [0.1, 0.15) is 44.7 Å². The Morgan fingerprint density at radius 2 is 1.44 bits per heavy atom. The van der Waals surface area contributed by atoms with Crippen molar-refractivity contribution < 1.29 is 14.5 Å². The van der Waals surface area contributed by atoms with Crippen LogP contribution in [0, 0.1) is 26.4 Å². The number of fused-ring (bicyclic) bond motifs is 2. The lowest BCUT2D eigenvalue weighted by molar-refractivity contribution is -0.384. The fourth-order valence-corrected chi connectivity index (χ4v) is 6.30. The number of rotatable bonds is 8. The van der Waals surface area contributed by atoms with Crippen molar-refractivity contribution in [3.05, 3.63) is 106 Å². The first-order chi connectivity index (χ1) is 18.6. The van der Waals surface area contributed by atoms with E-state index < -0.39 is 21.2 Å². The smallest absolute Gasteiger partial charge is 0.269 e. The summed E-state index contributed by atoms with van der Waals surface area (Å²) in [5.41, 5.74) is 3.24. The molecule has 2 atom stereocenters. The molecule has 2 aliphatic carbocycles. The molecule has 39 heavy (non-hydrogen) atoms. The number of ketones is 1. The quantitative estimate of drug-likeness (QED) is 0.221. The lowest BCUT2D eigenvalue weighted by Crippen LogP contribution is -2.51. The molecule has 2 unspecified atom stereocenters. The van der Waals surface area contributed by atoms with E-state index in [4.69, 9.17) is 0 Å². The highest BCUT2D eigenvalue weighted by molar-refractivity contribution is 6.50. The van der Waals surface area contributed by atoms with Crippen LogP contribution in [0.2, 0.25) is 0 Å². The van der Waals surface area contributed by atoms with Crippen molar-refractivity contribution in [2.24, 2.45) is 21.3 Å². The third kappa shape index (κ3) is 4.20. The third-order valence-corrected chi connectivity index (χ3v) is 9.03. The summed E-state index contributed by atoms with van der Waals surface area (Å²) in [5.74, 6) is -0.416. The van der Waals surface area contributed by atoms with Crippen LogP contribution in [0.15, 0.2) is 90.0 Å². The van der Waals surface area contributed by atoms with E-state index in [0.717, 1.165) is 11.1 Å². The number of hydrazone groups is 1. The topological polar surface area (TPSA) is 105 Å². The molecule has 0 aromatic heterocycles. The zero-order valence-electron chi connectivity index (χ0n) is 22.4. The van der Waals surface area contributed by atoms with Crippen LogP contribution in [-0.4, -0.2) is 27.2 Å². The van der Waals surface area contributed by atoms with Crippen LogP contribution >= 0.6 is 0 Å². The first kappa shape index (κ1) is 26.3. The first-order valence-corrected chi connectivity index (χ1v) is 13.1. The summed E-state index contributed by atoms with van der Waals surface area (Å²) in [4.78, 5) is 41.1. The van der Waals surface area contributed by atoms with Crippen molar-refractivity contribution in [3.63, 3.8) is 0 Å². The lowest BCUT2D eigenvalue weighted by Gasteiger charge is -2.40. The molecule has 2 saturated carbocycles. The molecule has 1 amide bonds. The van der Waals surface area contributed by atoms with Crippen molar-refractivity contribution in [2.45, 2.75) is 46.7 Å². The normalized spacial score (nSPS) is 24.1. The average Bonchev–Trinajstić information content (AvgIpc) is 3.22. The number of nitro groups is 1. The molecule has 0 saturated heterocycles. The summed E-state index contributed by atoms with van der Waals surface area (Å²) in [6, 6.07) is 25.5. The molecule has 0 spiro atoms. The highest BCUT2D eigenvalue weighted by atomic mass is 16.6. The molecule has 2 bridgehead atoms. The van der Waals surface area contributed by atoms with Gasteiger partial charge in [-0.1, -0.05) is 81.4 Å². The van der Waals surface area contributed by atoms with Gasteiger partial charge in [0.2, 0.25) is 5.91 Å². The van der Waals surface area contributed by atoms with Gasteiger partial charge in [0.1, 0.15) is 11.1 Å². The van der Waals surface area contributed by atoms with Crippen LogP contribution in [0.3, 0.4) is 0 Å². The molecule has 5 rings (SSSR count). The average molecular weight is 525 g/mol. The first-order valence-electron chi connectivity index (χ1n) is 13.1. The highest BCUT2D eigenvalue weighted by Crippen LogP contribution is 2.69.